The number of nitrogens with two attached hydrogens (primary N) is 1. The highest BCUT2D eigenvalue weighted by molar-refractivity contribution is 6.05. The van der Waals surface area contributed by atoms with E-state index in [2.05, 4.69) is 11.9 Å². The number of rotatable bonds is 3. The van der Waals surface area contributed by atoms with E-state index in [1.807, 2.05) is 35.4 Å². The fourth-order valence-corrected chi connectivity index (χ4v) is 3.40. The Kier molecular flexibility index (Phi) is 3.97. The van der Waals surface area contributed by atoms with Gasteiger partial charge in [-0.1, -0.05) is 12.1 Å². The number of carbonyl (C=O) groups is 1. The molecule has 21 heavy (non-hydrogen) atoms. The van der Waals surface area contributed by atoms with Crippen molar-refractivity contribution in [2.75, 3.05) is 6.54 Å². The fourth-order valence-electron chi connectivity index (χ4n) is 3.40. The quantitative estimate of drug-likeness (QED) is 0.911. The van der Waals surface area contributed by atoms with Gasteiger partial charge in [0.2, 0.25) is 0 Å². The van der Waals surface area contributed by atoms with Crippen LogP contribution in [0.15, 0.2) is 30.5 Å². The first-order valence-corrected chi connectivity index (χ1v) is 7.83. The van der Waals surface area contributed by atoms with Gasteiger partial charge >= 0.3 is 0 Å². The number of H-pyrrole nitrogens is 1. The Balaban J connectivity index is 1.87. The van der Waals surface area contributed by atoms with Crippen molar-refractivity contribution in [2.24, 2.45) is 5.73 Å². The van der Waals surface area contributed by atoms with Crippen molar-refractivity contribution in [2.45, 2.75) is 44.7 Å². The van der Waals surface area contributed by atoms with Crippen molar-refractivity contribution in [3.8, 4) is 0 Å². The van der Waals surface area contributed by atoms with E-state index in [4.69, 9.17) is 5.73 Å². The van der Waals surface area contributed by atoms with Gasteiger partial charge in [0.05, 0.1) is 11.1 Å². The number of aromatic amines is 1. The van der Waals surface area contributed by atoms with Crippen LogP contribution in [0.4, 0.5) is 0 Å². The number of hydrogen-bond acceptors (Lipinski definition) is 2. The van der Waals surface area contributed by atoms with E-state index in [9.17, 15) is 4.79 Å². The predicted octanol–water partition coefficient (Wildman–Crippen LogP) is 2.90. The molecule has 0 saturated heterocycles. The molecule has 0 unspecified atom stereocenters. The van der Waals surface area contributed by atoms with Gasteiger partial charge in [0.15, 0.2) is 0 Å². The molecule has 1 aromatic carbocycles. The molecule has 0 atom stereocenters. The summed E-state index contributed by atoms with van der Waals surface area (Å²) >= 11 is 0. The van der Waals surface area contributed by atoms with E-state index in [1.165, 1.54) is 0 Å². The highest BCUT2D eigenvalue weighted by Crippen LogP contribution is 2.25. The van der Waals surface area contributed by atoms with Gasteiger partial charge in [0, 0.05) is 30.2 Å². The Hall–Kier alpha value is -1.81. The Morgan fingerprint density at radius 2 is 2.05 bits per heavy atom. The second kappa shape index (κ2) is 5.90. The lowest BCUT2D eigenvalue weighted by molar-refractivity contribution is 0.0642. The first kappa shape index (κ1) is 14.1. The van der Waals surface area contributed by atoms with Crippen LogP contribution in [-0.2, 0) is 0 Å². The molecule has 3 N–H and O–H groups in total. The molecule has 1 amide bonds. The number of para-hydroxylation sites is 1. The maximum absolute atomic E-state index is 12.9. The number of aromatic nitrogens is 1. The molecule has 3 rings (SSSR count). The molecular formula is C17H23N3O. The minimum atomic E-state index is 0.131. The van der Waals surface area contributed by atoms with Crippen LogP contribution >= 0.6 is 0 Å². The maximum atomic E-state index is 12.9. The minimum Gasteiger partial charge on any atom is -0.361 e. The average Bonchev–Trinajstić information content (AvgIpc) is 2.98. The van der Waals surface area contributed by atoms with Crippen LogP contribution in [0.25, 0.3) is 10.9 Å². The lowest BCUT2D eigenvalue weighted by Crippen LogP contribution is -2.44. The van der Waals surface area contributed by atoms with Gasteiger partial charge in [0.25, 0.3) is 5.91 Å². The number of hydrogen-bond donors (Lipinski definition) is 2. The zero-order valence-electron chi connectivity index (χ0n) is 12.5. The van der Waals surface area contributed by atoms with E-state index in [-0.39, 0.29) is 5.91 Å². The third-order valence-corrected chi connectivity index (χ3v) is 4.60. The van der Waals surface area contributed by atoms with Gasteiger partial charge in [0.1, 0.15) is 0 Å². The first-order valence-electron chi connectivity index (χ1n) is 7.83. The topological polar surface area (TPSA) is 62.1 Å². The molecule has 2 aromatic rings. The molecule has 1 fully saturated rings. The molecule has 1 aliphatic carbocycles. The molecule has 1 heterocycles. The van der Waals surface area contributed by atoms with Crippen LogP contribution in [-0.4, -0.2) is 34.4 Å². The van der Waals surface area contributed by atoms with Crippen LogP contribution in [0, 0.1) is 0 Å². The van der Waals surface area contributed by atoms with E-state index in [1.54, 1.807) is 0 Å². The second-order valence-electron chi connectivity index (χ2n) is 5.91. The van der Waals surface area contributed by atoms with Crippen molar-refractivity contribution in [3.05, 3.63) is 36.0 Å². The molecule has 1 saturated carbocycles. The largest absolute Gasteiger partial charge is 0.361 e. The summed E-state index contributed by atoms with van der Waals surface area (Å²) in [7, 11) is 0. The predicted molar refractivity (Wildman–Crippen MR) is 85.2 cm³/mol. The number of carbonyl (C=O) groups excluding carboxylic acids is 1. The SMILES string of the molecule is CCN(C(=O)c1cccc2cc[nH]c12)C1CCC(N)CC1. The van der Waals surface area contributed by atoms with E-state index in [0.29, 0.717) is 12.1 Å². The van der Waals surface area contributed by atoms with Crippen molar-refractivity contribution in [1.29, 1.82) is 0 Å². The normalized spacial score (nSPS) is 22.4. The fraction of sp³-hybridized carbons (Fsp3) is 0.471. The summed E-state index contributed by atoms with van der Waals surface area (Å²) in [6, 6.07) is 8.53. The summed E-state index contributed by atoms with van der Waals surface area (Å²) in [5.41, 5.74) is 7.69. The van der Waals surface area contributed by atoms with Crippen LogP contribution in [0.1, 0.15) is 43.0 Å². The number of fused-ring (bicyclic) bond motifs is 1. The monoisotopic (exact) mass is 285 g/mol. The summed E-state index contributed by atoms with van der Waals surface area (Å²) < 4.78 is 0. The van der Waals surface area contributed by atoms with Gasteiger partial charge in [-0.15, -0.1) is 0 Å². The molecule has 4 nitrogen and oxygen atoms in total. The average molecular weight is 285 g/mol. The molecule has 0 spiro atoms. The number of nitrogens with zero attached hydrogens (tertiary/aromatic N) is 1. The van der Waals surface area contributed by atoms with Gasteiger partial charge in [-0.25, -0.2) is 0 Å². The van der Waals surface area contributed by atoms with E-state index < -0.39 is 0 Å². The standard InChI is InChI=1S/C17H23N3O/c1-2-20(14-8-6-13(18)7-9-14)17(21)15-5-3-4-12-10-11-19-16(12)15/h3-5,10-11,13-14,19H,2,6-9,18H2,1H3. The molecule has 0 radical (unpaired) electrons. The van der Waals surface area contributed by atoms with Crippen LogP contribution in [0.5, 0.6) is 0 Å². The third kappa shape index (κ3) is 2.68. The smallest absolute Gasteiger partial charge is 0.256 e. The highest BCUT2D eigenvalue weighted by atomic mass is 16.2. The highest BCUT2D eigenvalue weighted by Gasteiger charge is 2.28. The first-order chi connectivity index (χ1) is 10.2. The van der Waals surface area contributed by atoms with Crippen LogP contribution in [0.2, 0.25) is 0 Å². The summed E-state index contributed by atoms with van der Waals surface area (Å²) in [4.78, 5) is 18.1. The third-order valence-electron chi connectivity index (χ3n) is 4.60. The van der Waals surface area contributed by atoms with Gasteiger partial charge < -0.3 is 15.6 Å². The molecule has 112 valence electrons. The molecule has 0 bridgehead atoms. The zero-order valence-corrected chi connectivity index (χ0v) is 12.5. The van der Waals surface area contributed by atoms with Crippen molar-refractivity contribution < 1.29 is 4.79 Å². The van der Waals surface area contributed by atoms with Crippen molar-refractivity contribution in [3.63, 3.8) is 0 Å². The lowest BCUT2D eigenvalue weighted by Gasteiger charge is -2.35. The summed E-state index contributed by atoms with van der Waals surface area (Å²) in [6.45, 7) is 2.80. The van der Waals surface area contributed by atoms with Gasteiger partial charge in [-0.05, 0) is 44.7 Å². The maximum Gasteiger partial charge on any atom is 0.256 e. The van der Waals surface area contributed by atoms with E-state index >= 15 is 0 Å². The van der Waals surface area contributed by atoms with Gasteiger partial charge in [-0.2, -0.15) is 0 Å². The van der Waals surface area contributed by atoms with E-state index in [0.717, 1.165) is 48.7 Å². The molecule has 4 heteroatoms. The van der Waals surface area contributed by atoms with Crippen molar-refractivity contribution in [1.82, 2.24) is 9.88 Å². The number of nitrogens with one attached hydrogen (secondary N) is 1. The molecular weight excluding hydrogens is 262 g/mol. The Labute approximate surface area is 125 Å². The van der Waals surface area contributed by atoms with Crippen molar-refractivity contribution >= 4 is 16.8 Å². The lowest BCUT2D eigenvalue weighted by atomic mass is 9.90. The molecule has 1 aromatic heterocycles. The van der Waals surface area contributed by atoms with Crippen LogP contribution in [0.3, 0.4) is 0 Å². The Morgan fingerprint density at radius 1 is 1.29 bits per heavy atom. The zero-order chi connectivity index (χ0) is 14.8. The molecule has 0 aliphatic heterocycles. The second-order valence-corrected chi connectivity index (χ2v) is 5.91. The summed E-state index contributed by atoms with van der Waals surface area (Å²) in [5, 5.41) is 1.09. The molecule has 1 aliphatic rings. The Morgan fingerprint density at radius 3 is 2.76 bits per heavy atom. The number of amides is 1. The van der Waals surface area contributed by atoms with Crippen LogP contribution < -0.4 is 5.73 Å². The minimum absolute atomic E-state index is 0.131. The Bertz CT molecular complexity index is 626. The number of benzene rings is 1. The summed E-state index contributed by atoms with van der Waals surface area (Å²) in [5.74, 6) is 0.131. The van der Waals surface area contributed by atoms with Gasteiger partial charge in [-0.3, -0.25) is 4.79 Å². The summed E-state index contributed by atoms with van der Waals surface area (Å²) in [6.07, 6.45) is 5.95.